The van der Waals surface area contributed by atoms with Crippen molar-refractivity contribution in [3.63, 3.8) is 0 Å². The second kappa shape index (κ2) is 3.84. The van der Waals surface area contributed by atoms with Crippen LogP contribution in [0.3, 0.4) is 0 Å². The lowest BCUT2D eigenvalue weighted by Crippen LogP contribution is -2.20. The highest BCUT2D eigenvalue weighted by atomic mass is 16.6. The fourth-order valence-electron chi connectivity index (χ4n) is 0.774. The van der Waals surface area contributed by atoms with Gasteiger partial charge in [-0.2, -0.15) is 0 Å². The average molecular weight is 155 g/mol. The predicted octanol–water partition coefficient (Wildman–Crippen LogP) is -0.255. The van der Waals surface area contributed by atoms with Crippen LogP contribution in [0.4, 0.5) is 4.79 Å². The van der Waals surface area contributed by atoms with Crippen molar-refractivity contribution in [2.45, 2.75) is 6.10 Å². The van der Waals surface area contributed by atoms with Crippen molar-refractivity contribution in [1.29, 1.82) is 0 Å². The molecule has 1 fully saturated rings. The smallest absolute Gasteiger partial charge is 0.407 e. The van der Waals surface area contributed by atoms with Gasteiger partial charge in [0.15, 0.2) is 0 Å². The lowest BCUT2D eigenvalue weighted by atomic mass is 10.4. The lowest BCUT2D eigenvalue weighted by molar-refractivity contribution is 0.0598. The van der Waals surface area contributed by atoms with Gasteiger partial charge in [-0.3, -0.25) is 0 Å². The molecule has 1 rings (SSSR count). The molecular weight excluding hydrogens is 146 g/mol. The number of terminal acetylenes is 1. The summed E-state index contributed by atoms with van der Waals surface area (Å²) in [5.41, 5.74) is 0. The molecule has 1 atom stereocenters. The van der Waals surface area contributed by atoms with E-state index in [0.29, 0.717) is 13.2 Å². The maximum atomic E-state index is 10.5. The summed E-state index contributed by atoms with van der Waals surface area (Å²) in [5.74, 6) is 2.32. The zero-order chi connectivity index (χ0) is 8.10. The number of carbonyl (C=O) groups is 1. The van der Waals surface area contributed by atoms with Crippen molar-refractivity contribution < 1.29 is 14.3 Å². The van der Waals surface area contributed by atoms with E-state index in [-0.39, 0.29) is 18.8 Å². The third-order valence-electron chi connectivity index (χ3n) is 1.24. The van der Waals surface area contributed by atoms with Gasteiger partial charge in [0.05, 0.1) is 13.2 Å². The fourth-order valence-corrected chi connectivity index (χ4v) is 0.774. The molecule has 0 aromatic heterocycles. The Kier molecular flexibility index (Phi) is 2.75. The summed E-state index contributed by atoms with van der Waals surface area (Å²) in [4.78, 5) is 10.5. The first-order chi connectivity index (χ1) is 5.33. The van der Waals surface area contributed by atoms with E-state index in [9.17, 15) is 4.79 Å². The maximum absolute atomic E-state index is 10.5. The summed E-state index contributed by atoms with van der Waals surface area (Å²) in [6.45, 7) is 1.13. The molecule has 0 bridgehead atoms. The lowest BCUT2D eigenvalue weighted by Gasteiger charge is -2.05. The standard InChI is InChI=1S/C7H9NO3/c1-2-3-10-5-6-4-8-7(9)11-6/h1,6H,3-5H2,(H,8,9)/t6-/m0/s1. The Morgan fingerprint density at radius 1 is 1.91 bits per heavy atom. The van der Waals surface area contributed by atoms with Crippen molar-refractivity contribution in [2.75, 3.05) is 19.8 Å². The summed E-state index contributed by atoms with van der Waals surface area (Å²) >= 11 is 0. The van der Waals surface area contributed by atoms with Gasteiger partial charge >= 0.3 is 6.09 Å². The highest BCUT2D eigenvalue weighted by Crippen LogP contribution is 1.99. The number of rotatable bonds is 3. The zero-order valence-corrected chi connectivity index (χ0v) is 6.00. The van der Waals surface area contributed by atoms with Gasteiger partial charge in [0.2, 0.25) is 0 Å². The van der Waals surface area contributed by atoms with Gasteiger partial charge in [-0.05, 0) is 0 Å². The Balaban J connectivity index is 2.09. The molecule has 0 radical (unpaired) electrons. The molecule has 0 aromatic carbocycles. The summed E-state index contributed by atoms with van der Waals surface area (Å²) in [7, 11) is 0. The Morgan fingerprint density at radius 3 is 3.27 bits per heavy atom. The monoisotopic (exact) mass is 155 g/mol. The molecule has 0 saturated carbocycles. The molecule has 0 unspecified atom stereocenters. The van der Waals surface area contributed by atoms with Crippen LogP contribution < -0.4 is 5.32 Å². The number of carbonyl (C=O) groups excluding carboxylic acids is 1. The van der Waals surface area contributed by atoms with Gasteiger partial charge in [0.25, 0.3) is 0 Å². The van der Waals surface area contributed by atoms with Gasteiger partial charge in [-0.15, -0.1) is 6.42 Å². The van der Waals surface area contributed by atoms with Crippen LogP contribution in [0, 0.1) is 12.3 Å². The van der Waals surface area contributed by atoms with Gasteiger partial charge in [-0.25, -0.2) is 4.79 Å². The largest absolute Gasteiger partial charge is 0.442 e. The maximum Gasteiger partial charge on any atom is 0.407 e. The van der Waals surface area contributed by atoms with E-state index in [1.165, 1.54) is 0 Å². The molecule has 1 heterocycles. The number of nitrogens with one attached hydrogen (secondary N) is 1. The fraction of sp³-hybridized carbons (Fsp3) is 0.571. The topological polar surface area (TPSA) is 47.6 Å². The van der Waals surface area contributed by atoms with Gasteiger partial charge in [0.1, 0.15) is 12.7 Å². The Labute approximate surface area is 64.9 Å². The van der Waals surface area contributed by atoms with Gasteiger partial charge in [-0.1, -0.05) is 5.92 Å². The van der Waals surface area contributed by atoms with Crippen LogP contribution in [0.2, 0.25) is 0 Å². The first-order valence-electron chi connectivity index (χ1n) is 3.28. The quantitative estimate of drug-likeness (QED) is 0.451. The molecule has 1 amide bonds. The highest BCUT2D eigenvalue weighted by Gasteiger charge is 2.21. The van der Waals surface area contributed by atoms with E-state index >= 15 is 0 Å². The van der Waals surface area contributed by atoms with Crippen LogP contribution in [0.1, 0.15) is 0 Å². The zero-order valence-electron chi connectivity index (χ0n) is 6.00. The second-order valence-corrected chi connectivity index (χ2v) is 2.13. The highest BCUT2D eigenvalue weighted by molar-refractivity contribution is 5.69. The first kappa shape index (κ1) is 7.89. The van der Waals surface area contributed by atoms with E-state index < -0.39 is 0 Å². The van der Waals surface area contributed by atoms with Crippen LogP contribution >= 0.6 is 0 Å². The molecule has 4 nitrogen and oxygen atoms in total. The number of hydrogen-bond donors (Lipinski definition) is 1. The molecule has 1 aliphatic rings. The molecule has 0 aromatic rings. The van der Waals surface area contributed by atoms with Crippen LogP contribution in [-0.4, -0.2) is 32.0 Å². The number of alkyl carbamates (subject to hydrolysis) is 1. The molecule has 4 heteroatoms. The summed E-state index contributed by atoms with van der Waals surface area (Å²) in [5, 5.41) is 2.50. The first-order valence-corrected chi connectivity index (χ1v) is 3.28. The Bertz CT molecular complexity index is 185. The third-order valence-corrected chi connectivity index (χ3v) is 1.24. The number of cyclic esters (lactones) is 1. The van der Waals surface area contributed by atoms with E-state index in [0.717, 1.165) is 0 Å². The summed E-state index contributed by atoms with van der Waals surface area (Å²) < 4.78 is 9.73. The van der Waals surface area contributed by atoms with Crippen molar-refractivity contribution in [3.05, 3.63) is 0 Å². The average Bonchev–Trinajstić information content (AvgIpc) is 2.37. The van der Waals surface area contributed by atoms with Crippen molar-refractivity contribution in [2.24, 2.45) is 0 Å². The minimum absolute atomic E-state index is 0.184. The van der Waals surface area contributed by atoms with E-state index in [1.807, 2.05) is 0 Å². The molecule has 60 valence electrons. The van der Waals surface area contributed by atoms with E-state index in [4.69, 9.17) is 15.9 Å². The van der Waals surface area contributed by atoms with Crippen LogP contribution in [0.25, 0.3) is 0 Å². The molecule has 11 heavy (non-hydrogen) atoms. The normalized spacial score (nSPS) is 22.1. The van der Waals surface area contributed by atoms with Crippen molar-refractivity contribution in [1.82, 2.24) is 5.32 Å². The van der Waals surface area contributed by atoms with E-state index in [2.05, 4.69) is 11.2 Å². The molecule has 1 aliphatic heterocycles. The van der Waals surface area contributed by atoms with Gasteiger partial charge < -0.3 is 14.8 Å². The number of amides is 1. The SMILES string of the molecule is C#CCOC[C@@H]1CNC(=O)O1. The van der Waals surface area contributed by atoms with Crippen molar-refractivity contribution >= 4 is 6.09 Å². The minimum Gasteiger partial charge on any atom is -0.442 e. The second-order valence-electron chi connectivity index (χ2n) is 2.13. The molecule has 1 saturated heterocycles. The summed E-state index contributed by atoms with van der Waals surface area (Å²) in [6.07, 6.45) is 4.37. The Hall–Kier alpha value is -1.21. The number of ether oxygens (including phenoxy) is 2. The Morgan fingerprint density at radius 2 is 2.73 bits per heavy atom. The number of hydrogen-bond acceptors (Lipinski definition) is 3. The predicted molar refractivity (Wildman–Crippen MR) is 37.9 cm³/mol. The van der Waals surface area contributed by atoms with E-state index in [1.54, 1.807) is 0 Å². The third kappa shape index (κ3) is 2.48. The molecule has 0 aliphatic carbocycles. The minimum atomic E-state index is -0.390. The molecule has 0 spiro atoms. The van der Waals surface area contributed by atoms with Crippen LogP contribution in [-0.2, 0) is 9.47 Å². The van der Waals surface area contributed by atoms with Gasteiger partial charge in [0, 0.05) is 0 Å². The summed E-state index contributed by atoms with van der Waals surface area (Å²) in [6, 6.07) is 0. The van der Waals surface area contributed by atoms with Crippen molar-refractivity contribution in [3.8, 4) is 12.3 Å². The van der Waals surface area contributed by atoms with Crippen LogP contribution in [0.5, 0.6) is 0 Å². The van der Waals surface area contributed by atoms with Crippen LogP contribution in [0.15, 0.2) is 0 Å². The molecular formula is C7H9NO3. The molecule has 1 N–H and O–H groups in total.